The van der Waals surface area contributed by atoms with E-state index in [1.807, 2.05) is 0 Å². The number of rotatable bonds is 6. The second-order valence-electron chi connectivity index (χ2n) is 5.96. The van der Waals surface area contributed by atoms with E-state index < -0.39 is 15.6 Å². The lowest BCUT2D eigenvalue weighted by atomic mass is 9.96. The van der Waals surface area contributed by atoms with Gasteiger partial charge in [-0.2, -0.15) is 0 Å². The van der Waals surface area contributed by atoms with Crippen molar-refractivity contribution in [3.8, 4) is 17.2 Å². The van der Waals surface area contributed by atoms with Crippen molar-refractivity contribution in [3.63, 3.8) is 0 Å². The molecule has 2 aromatic rings. The van der Waals surface area contributed by atoms with Crippen LogP contribution in [-0.4, -0.2) is 34.0 Å². The molecule has 3 rings (SSSR count). The summed E-state index contributed by atoms with van der Waals surface area (Å²) in [4.78, 5) is -0.103. The second kappa shape index (κ2) is 6.96. The lowest BCUT2D eigenvalue weighted by molar-refractivity contribution is 0.0625. The van der Waals surface area contributed by atoms with Crippen molar-refractivity contribution in [2.75, 3.05) is 20.4 Å². The Morgan fingerprint density at radius 3 is 2.69 bits per heavy atom. The van der Waals surface area contributed by atoms with Gasteiger partial charge in [-0.15, -0.1) is 0 Å². The van der Waals surface area contributed by atoms with E-state index in [-0.39, 0.29) is 29.0 Å². The summed E-state index contributed by atoms with van der Waals surface area (Å²) in [6.45, 7) is 1.36. The first-order chi connectivity index (χ1) is 12.2. The third kappa shape index (κ3) is 3.73. The Hall–Kier alpha value is -2.00. The molecule has 0 amide bonds. The Kier molecular flexibility index (Phi) is 5.03. The van der Waals surface area contributed by atoms with Crippen LogP contribution in [0.5, 0.6) is 17.2 Å². The maximum absolute atomic E-state index is 12.6. The molecule has 2 aromatic carbocycles. The van der Waals surface area contributed by atoms with Crippen LogP contribution in [0.15, 0.2) is 41.3 Å². The van der Waals surface area contributed by atoms with Crippen molar-refractivity contribution in [3.05, 3.63) is 47.0 Å². The molecule has 0 saturated heterocycles. The maximum Gasteiger partial charge on any atom is 0.244 e. The fourth-order valence-electron chi connectivity index (χ4n) is 2.51. The van der Waals surface area contributed by atoms with E-state index in [4.69, 9.17) is 25.8 Å². The minimum Gasteiger partial charge on any atom is -0.495 e. The van der Waals surface area contributed by atoms with E-state index in [0.29, 0.717) is 17.1 Å². The van der Waals surface area contributed by atoms with Crippen LogP contribution in [0.2, 0.25) is 5.02 Å². The number of benzene rings is 2. The van der Waals surface area contributed by atoms with Gasteiger partial charge in [-0.1, -0.05) is 17.7 Å². The largest absolute Gasteiger partial charge is 0.495 e. The van der Waals surface area contributed by atoms with Gasteiger partial charge in [0.05, 0.1) is 7.11 Å². The van der Waals surface area contributed by atoms with Gasteiger partial charge in [0.2, 0.25) is 16.8 Å². The normalized spacial score (nSPS) is 15.5. The average molecular weight is 400 g/mol. The molecule has 9 heteroatoms. The molecule has 1 aliphatic rings. The van der Waals surface area contributed by atoms with E-state index in [2.05, 4.69) is 4.72 Å². The summed E-state index contributed by atoms with van der Waals surface area (Å²) in [6, 6.07) is 9.23. The molecule has 0 saturated carbocycles. The van der Waals surface area contributed by atoms with E-state index in [9.17, 15) is 13.5 Å². The Labute approximate surface area is 156 Å². The fraction of sp³-hybridized carbons (Fsp3) is 0.294. The Morgan fingerprint density at radius 1 is 1.23 bits per heavy atom. The zero-order valence-electron chi connectivity index (χ0n) is 14.2. The maximum atomic E-state index is 12.6. The molecule has 1 unspecified atom stereocenters. The Balaban J connectivity index is 1.82. The number of methoxy groups -OCH3 is 1. The smallest absolute Gasteiger partial charge is 0.244 e. The quantitative estimate of drug-likeness (QED) is 0.773. The average Bonchev–Trinajstić information content (AvgIpc) is 3.08. The van der Waals surface area contributed by atoms with Crippen LogP contribution in [0.25, 0.3) is 0 Å². The molecule has 7 nitrogen and oxygen atoms in total. The second-order valence-corrected chi connectivity index (χ2v) is 8.13. The predicted molar refractivity (Wildman–Crippen MR) is 95.3 cm³/mol. The fourth-order valence-corrected chi connectivity index (χ4v) is 4.07. The number of nitrogens with one attached hydrogen (secondary N) is 1. The molecule has 1 atom stereocenters. The van der Waals surface area contributed by atoms with Crippen LogP contribution in [-0.2, 0) is 15.6 Å². The number of aliphatic hydroxyl groups is 1. The highest BCUT2D eigenvalue weighted by molar-refractivity contribution is 7.89. The first kappa shape index (κ1) is 18.8. The summed E-state index contributed by atoms with van der Waals surface area (Å²) < 4.78 is 43.2. The van der Waals surface area contributed by atoms with Crippen molar-refractivity contribution in [2.45, 2.75) is 17.4 Å². The monoisotopic (exact) mass is 399 g/mol. The highest BCUT2D eigenvalue weighted by Gasteiger charge is 2.29. The molecule has 0 bridgehead atoms. The van der Waals surface area contributed by atoms with Crippen LogP contribution in [0.3, 0.4) is 0 Å². The molecule has 0 fully saturated rings. The molecular weight excluding hydrogens is 382 g/mol. The molecule has 1 aliphatic heterocycles. The van der Waals surface area contributed by atoms with Crippen LogP contribution >= 0.6 is 11.6 Å². The van der Waals surface area contributed by atoms with E-state index in [1.54, 1.807) is 18.2 Å². The number of fused-ring (bicyclic) bond motifs is 1. The van der Waals surface area contributed by atoms with Gasteiger partial charge in [-0.25, -0.2) is 13.1 Å². The number of hydrogen-bond donors (Lipinski definition) is 2. The summed E-state index contributed by atoms with van der Waals surface area (Å²) in [6.07, 6.45) is 0. The Bertz CT molecular complexity index is 929. The summed E-state index contributed by atoms with van der Waals surface area (Å²) >= 11 is 5.90. The molecule has 2 N–H and O–H groups in total. The molecule has 0 spiro atoms. The van der Waals surface area contributed by atoms with Crippen molar-refractivity contribution >= 4 is 21.6 Å². The van der Waals surface area contributed by atoms with Gasteiger partial charge in [0.15, 0.2) is 11.5 Å². The topological polar surface area (TPSA) is 94.1 Å². The highest BCUT2D eigenvalue weighted by Crippen LogP contribution is 2.36. The lowest BCUT2D eigenvalue weighted by Crippen LogP contribution is -2.38. The third-order valence-electron chi connectivity index (χ3n) is 4.02. The van der Waals surface area contributed by atoms with Gasteiger partial charge >= 0.3 is 0 Å². The standard InChI is InChI=1S/C17H18ClNO6S/c1-17(20,11-3-5-13-15(7-11)25-10-24-13)9-19-26(21,22)16-8-12(18)4-6-14(16)23-2/h3-8,19-20H,9-10H2,1-2H3. The lowest BCUT2D eigenvalue weighted by Gasteiger charge is -2.24. The molecular formula is C17H18ClNO6S. The van der Waals surface area contributed by atoms with Crippen LogP contribution < -0.4 is 18.9 Å². The third-order valence-corrected chi connectivity index (χ3v) is 5.67. The van der Waals surface area contributed by atoms with Crippen molar-refractivity contribution in [1.29, 1.82) is 0 Å². The van der Waals surface area contributed by atoms with Gasteiger partial charge in [0.1, 0.15) is 16.2 Å². The van der Waals surface area contributed by atoms with E-state index in [1.165, 1.54) is 32.2 Å². The van der Waals surface area contributed by atoms with Gasteiger partial charge in [0, 0.05) is 11.6 Å². The summed E-state index contributed by atoms with van der Waals surface area (Å²) in [7, 11) is -2.59. The van der Waals surface area contributed by atoms with E-state index >= 15 is 0 Å². The van der Waals surface area contributed by atoms with Crippen molar-refractivity contribution < 1.29 is 27.7 Å². The zero-order chi connectivity index (χ0) is 18.9. The van der Waals surface area contributed by atoms with Crippen LogP contribution in [0, 0.1) is 0 Å². The molecule has 0 aromatic heterocycles. The SMILES string of the molecule is COc1ccc(Cl)cc1S(=O)(=O)NCC(C)(O)c1ccc2c(c1)OCO2. The number of sulfonamides is 1. The van der Waals surface area contributed by atoms with Gasteiger partial charge in [-0.3, -0.25) is 0 Å². The summed E-state index contributed by atoms with van der Waals surface area (Å²) in [5.74, 6) is 1.24. The zero-order valence-corrected chi connectivity index (χ0v) is 15.7. The van der Waals surface area contributed by atoms with Crippen molar-refractivity contribution in [1.82, 2.24) is 4.72 Å². The molecule has 0 radical (unpaired) electrons. The number of hydrogen-bond acceptors (Lipinski definition) is 6. The number of halogens is 1. The highest BCUT2D eigenvalue weighted by atomic mass is 35.5. The van der Waals surface area contributed by atoms with Crippen LogP contribution in [0.1, 0.15) is 12.5 Å². The van der Waals surface area contributed by atoms with E-state index in [0.717, 1.165) is 0 Å². The minimum absolute atomic E-state index is 0.103. The molecule has 0 aliphatic carbocycles. The number of ether oxygens (including phenoxy) is 3. The Morgan fingerprint density at radius 2 is 1.96 bits per heavy atom. The van der Waals surface area contributed by atoms with Crippen LogP contribution in [0.4, 0.5) is 0 Å². The minimum atomic E-state index is -3.95. The molecule has 1 heterocycles. The summed E-state index contributed by atoms with van der Waals surface area (Å²) in [5.41, 5.74) is -0.984. The van der Waals surface area contributed by atoms with Gasteiger partial charge in [-0.05, 0) is 42.8 Å². The van der Waals surface area contributed by atoms with Crippen molar-refractivity contribution in [2.24, 2.45) is 0 Å². The first-order valence-electron chi connectivity index (χ1n) is 7.69. The predicted octanol–water partition coefficient (Wildman–Crippen LogP) is 2.26. The summed E-state index contributed by atoms with van der Waals surface area (Å²) in [5, 5.41) is 11.0. The first-order valence-corrected chi connectivity index (χ1v) is 9.55. The molecule has 140 valence electrons. The van der Waals surface area contributed by atoms with Gasteiger partial charge in [0.25, 0.3) is 0 Å². The molecule has 26 heavy (non-hydrogen) atoms. The van der Waals surface area contributed by atoms with Gasteiger partial charge < -0.3 is 19.3 Å².